The van der Waals surface area contributed by atoms with Gasteiger partial charge in [0.15, 0.2) is 0 Å². The van der Waals surface area contributed by atoms with Gasteiger partial charge in [0.1, 0.15) is 11.9 Å². The fraction of sp³-hybridized carbons (Fsp3) is 0.500. The fourth-order valence-corrected chi connectivity index (χ4v) is 1.95. The molecule has 1 aliphatic heterocycles. The van der Waals surface area contributed by atoms with Crippen LogP contribution in [-0.4, -0.2) is 37.0 Å². The van der Waals surface area contributed by atoms with E-state index in [1.165, 1.54) is 12.1 Å². The van der Waals surface area contributed by atoms with Crippen molar-refractivity contribution < 1.29 is 9.18 Å². The molecule has 5 heteroatoms. The number of nitrogens with zero attached hydrogens (tertiary/aromatic N) is 1. The normalized spacial score (nSPS) is 18.6. The molecule has 19 heavy (non-hydrogen) atoms. The molecule has 104 valence electrons. The van der Waals surface area contributed by atoms with Gasteiger partial charge in [0.2, 0.25) is 5.91 Å². The summed E-state index contributed by atoms with van der Waals surface area (Å²) in [6.45, 7) is 4.85. The Morgan fingerprint density at radius 1 is 1.42 bits per heavy atom. The maximum absolute atomic E-state index is 13.1. The second-order valence-electron chi connectivity index (χ2n) is 5.74. The lowest BCUT2D eigenvalue weighted by Crippen LogP contribution is -2.48. The summed E-state index contributed by atoms with van der Waals surface area (Å²) in [5.41, 5.74) is 1.30. The Hall–Kier alpha value is -1.46. The molecule has 0 aliphatic carbocycles. The number of fused-ring (bicyclic) bond motifs is 1. The number of nitrogens with one attached hydrogen (secondary N) is 2. The molecule has 0 radical (unpaired) electrons. The molecule has 0 saturated heterocycles. The van der Waals surface area contributed by atoms with Gasteiger partial charge in [-0.05, 0) is 40.1 Å². The predicted molar refractivity (Wildman–Crippen MR) is 73.5 cm³/mol. The molecule has 1 unspecified atom stereocenters. The third-order valence-corrected chi connectivity index (χ3v) is 3.80. The molecule has 1 atom stereocenters. The highest BCUT2D eigenvalue weighted by Crippen LogP contribution is 2.31. The van der Waals surface area contributed by atoms with Crippen molar-refractivity contribution in [1.29, 1.82) is 0 Å². The fourth-order valence-electron chi connectivity index (χ4n) is 1.95. The molecule has 2 rings (SSSR count). The standard InChI is InChI=1S/C14H20FN3O/c1-14(2,18(3)4)8-16-12-10-6-5-9(15)7-11(10)17-13(12)19/h5-7,12,16H,8H2,1-4H3,(H,17,19). The van der Waals surface area contributed by atoms with E-state index in [2.05, 4.69) is 29.4 Å². The zero-order valence-corrected chi connectivity index (χ0v) is 11.7. The maximum atomic E-state index is 13.1. The number of amides is 1. The highest BCUT2D eigenvalue weighted by molar-refractivity contribution is 6.02. The zero-order chi connectivity index (χ0) is 14.2. The van der Waals surface area contributed by atoms with Crippen molar-refractivity contribution in [2.75, 3.05) is 26.0 Å². The highest BCUT2D eigenvalue weighted by Gasteiger charge is 2.32. The topological polar surface area (TPSA) is 44.4 Å². The van der Waals surface area contributed by atoms with Crippen molar-refractivity contribution in [3.63, 3.8) is 0 Å². The molecule has 4 nitrogen and oxygen atoms in total. The van der Waals surface area contributed by atoms with E-state index in [1.54, 1.807) is 6.07 Å². The number of carbonyl (C=O) groups is 1. The molecule has 1 heterocycles. The summed E-state index contributed by atoms with van der Waals surface area (Å²) in [7, 11) is 4.00. The van der Waals surface area contributed by atoms with Crippen LogP contribution in [0, 0.1) is 5.82 Å². The van der Waals surface area contributed by atoms with E-state index in [0.717, 1.165) is 5.56 Å². The summed E-state index contributed by atoms with van der Waals surface area (Å²) in [4.78, 5) is 14.0. The summed E-state index contributed by atoms with van der Waals surface area (Å²) < 4.78 is 13.1. The molecular formula is C14H20FN3O. The minimum Gasteiger partial charge on any atom is -0.324 e. The van der Waals surface area contributed by atoms with E-state index in [0.29, 0.717) is 12.2 Å². The average Bonchev–Trinajstić information content (AvgIpc) is 2.61. The highest BCUT2D eigenvalue weighted by atomic mass is 19.1. The van der Waals surface area contributed by atoms with Gasteiger partial charge in [0.25, 0.3) is 0 Å². The van der Waals surface area contributed by atoms with E-state index < -0.39 is 6.04 Å². The minimum absolute atomic E-state index is 0.0664. The van der Waals surface area contributed by atoms with Crippen molar-refractivity contribution in [3.8, 4) is 0 Å². The molecule has 0 spiro atoms. The Kier molecular flexibility index (Phi) is 3.60. The van der Waals surface area contributed by atoms with Crippen LogP contribution in [0.1, 0.15) is 25.5 Å². The van der Waals surface area contributed by atoms with Gasteiger partial charge in [0.05, 0.1) is 0 Å². The predicted octanol–water partition coefficient (Wildman–Crippen LogP) is 1.75. The summed E-state index contributed by atoms with van der Waals surface area (Å²) in [5, 5.41) is 5.95. The van der Waals surface area contributed by atoms with Crippen LogP contribution in [-0.2, 0) is 4.79 Å². The van der Waals surface area contributed by atoms with Crippen LogP contribution >= 0.6 is 0 Å². The van der Waals surface area contributed by atoms with Crippen molar-refractivity contribution in [1.82, 2.24) is 10.2 Å². The van der Waals surface area contributed by atoms with Crippen molar-refractivity contribution >= 4 is 11.6 Å². The molecule has 1 aliphatic rings. The summed E-state index contributed by atoms with van der Waals surface area (Å²) in [5.74, 6) is -0.469. The number of rotatable bonds is 4. The van der Waals surface area contributed by atoms with Gasteiger partial charge in [0, 0.05) is 23.3 Å². The van der Waals surface area contributed by atoms with Crippen LogP contribution in [0.2, 0.25) is 0 Å². The van der Waals surface area contributed by atoms with Crippen LogP contribution < -0.4 is 10.6 Å². The minimum atomic E-state index is -0.408. The number of likely N-dealkylation sites (N-methyl/N-ethyl adjacent to an activating group) is 1. The SMILES string of the molecule is CN(C)C(C)(C)CNC1C(=O)Nc2cc(F)ccc21. The smallest absolute Gasteiger partial charge is 0.246 e. The number of carbonyl (C=O) groups excluding carboxylic acids is 1. The van der Waals surface area contributed by atoms with Gasteiger partial charge in [-0.25, -0.2) is 4.39 Å². The molecule has 0 aromatic heterocycles. The van der Waals surface area contributed by atoms with Gasteiger partial charge in [-0.2, -0.15) is 0 Å². The van der Waals surface area contributed by atoms with Gasteiger partial charge in [-0.1, -0.05) is 6.07 Å². The number of benzene rings is 1. The molecule has 1 aromatic carbocycles. The van der Waals surface area contributed by atoms with Gasteiger partial charge in [-0.3, -0.25) is 4.79 Å². The maximum Gasteiger partial charge on any atom is 0.246 e. The largest absolute Gasteiger partial charge is 0.324 e. The molecular weight excluding hydrogens is 245 g/mol. The van der Waals surface area contributed by atoms with Gasteiger partial charge >= 0.3 is 0 Å². The third-order valence-electron chi connectivity index (χ3n) is 3.80. The molecule has 0 saturated carbocycles. The van der Waals surface area contributed by atoms with Gasteiger partial charge < -0.3 is 15.5 Å². The lowest BCUT2D eigenvalue weighted by atomic mass is 10.0. The second kappa shape index (κ2) is 4.90. The summed E-state index contributed by atoms with van der Waals surface area (Å²) in [6, 6.07) is 3.98. The van der Waals surface area contributed by atoms with Crippen LogP contribution in [0.5, 0.6) is 0 Å². The average molecular weight is 265 g/mol. The van der Waals surface area contributed by atoms with Crippen LogP contribution in [0.3, 0.4) is 0 Å². The Labute approximate surface area is 113 Å². The van der Waals surface area contributed by atoms with Crippen molar-refractivity contribution in [3.05, 3.63) is 29.6 Å². The molecule has 2 N–H and O–H groups in total. The van der Waals surface area contributed by atoms with Crippen LogP contribution in [0.4, 0.5) is 10.1 Å². The number of halogens is 1. The second-order valence-corrected chi connectivity index (χ2v) is 5.74. The molecule has 0 fully saturated rings. The zero-order valence-electron chi connectivity index (χ0n) is 11.7. The number of hydrogen-bond acceptors (Lipinski definition) is 3. The summed E-state index contributed by atoms with van der Waals surface area (Å²) >= 11 is 0. The first-order valence-electron chi connectivity index (χ1n) is 6.32. The number of hydrogen-bond donors (Lipinski definition) is 2. The third kappa shape index (κ3) is 2.77. The van der Waals surface area contributed by atoms with E-state index in [9.17, 15) is 9.18 Å². The Balaban J connectivity index is 2.13. The molecule has 0 bridgehead atoms. The Morgan fingerprint density at radius 3 is 2.74 bits per heavy atom. The van der Waals surface area contributed by atoms with Gasteiger partial charge in [-0.15, -0.1) is 0 Å². The Morgan fingerprint density at radius 2 is 2.11 bits per heavy atom. The van der Waals surface area contributed by atoms with E-state index in [-0.39, 0.29) is 17.3 Å². The lowest BCUT2D eigenvalue weighted by Gasteiger charge is -2.33. The van der Waals surface area contributed by atoms with Crippen molar-refractivity contribution in [2.24, 2.45) is 0 Å². The Bertz CT molecular complexity index is 499. The summed E-state index contributed by atoms with van der Waals surface area (Å²) in [6.07, 6.45) is 0. The molecule has 1 aromatic rings. The lowest BCUT2D eigenvalue weighted by molar-refractivity contribution is -0.117. The van der Waals surface area contributed by atoms with E-state index >= 15 is 0 Å². The first-order chi connectivity index (χ1) is 8.81. The first-order valence-corrected chi connectivity index (χ1v) is 6.32. The quantitative estimate of drug-likeness (QED) is 0.871. The van der Waals surface area contributed by atoms with E-state index in [1.807, 2.05) is 14.1 Å². The van der Waals surface area contributed by atoms with Crippen LogP contribution in [0.15, 0.2) is 18.2 Å². The first kappa shape index (κ1) is 14.0. The van der Waals surface area contributed by atoms with Crippen LogP contribution in [0.25, 0.3) is 0 Å². The number of anilines is 1. The van der Waals surface area contributed by atoms with E-state index in [4.69, 9.17) is 0 Å². The van der Waals surface area contributed by atoms with Crippen molar-refractivity contribution in [2.45, 2.75) is 25.4 Å². The molecule has 1 amide bonds. The monoisotopic (exact) mass is 265 g/mol.